The van der Waals surface area contributed by atoms with Crippen molar-refractivity contribution in [3.8, 4) is 5.75 Å². The van der Waals surface area contributed by atoms with Crippen LogP contribution < -0.4 is 15.8 Å². The molecule has 3 unspecified atom stereocenters. The Morgan fingerprint density at radius 3 is 2.62 bits per heavy atom. The maximum absolute atomic E-state index is 12.0. The summed E-state index contributed by atoms with van der Waals surface area (Å²) in [6.45, 7) is 7.77. The molecule has 21 heavy (non-hydrogen) atoms. The van der Waals surface area contributed by atoms with Gasteiger partial charge in [-0.05, 0) is 39.3 Å². The number of rotatable bonds is 8. The number of nitrogens with zero attached hydrogens (tertiary/aromatic N) is 1. The lowest BCUT2D eigenvalue weighted by Crippen LogP contribution is -2.41. The minimum atomic E-state index is -0.537. The van der Waals surface area contributed by atoms with Gasteiger partial charge in [0.1, 0.15) is 5.75 Å². The summed E-state index contributed by atoms with van der Waals surface area (Å²) in [6.07, 6.45) is 3.83. The lowest BCUT2D eigenvalue weighted by Gasteiger charge is -2.18. The molecule has 3 N–H and O–H groups in total. The van der Waals surface area contributed by atoms with Crippen LogP contribution in [0.4, 0.5) is 0 Å². The molecule has 0 aliphatic heterocycles. The van der Waals surface area contributed by atoms with E-state index >= 15 is 0 Å². The van der Waals surface area contributed by atoms with E-state index in [9.17, 15) is 4.79 Å². The molecule has 0 fully saturated rings. The molecule has 1 rings (SSSR count). The van der Waals surface area contributed by atoms with Crippen LogP contribution in [0.2, 0.25) is 0 Å². The van der Waals surface area contributed by atoms with Crippen LogP contribution in [-0.4, -0.2) is 29.1 Å². The van der Waals surface area contributed by atoms with Crippen LogP contribution in [0.1, 0.15) is 46.2 Å². The van der Waals surface area contributed by atoms with Crippen molar-refractivity contribution in [2.45, 2.75) is 65.1 Å². The van der Waals surface area contributed by atoms with E-state index < -0.39 is 6.10 Å². The van der Waals surface area contributed by atoms with Crippen molar-refractivity contribution >= 4 is 5.91 Å². The fourth-order valence-corrected chi connectivity index (χ4v) is 2.05. The summed E-state index contributed by atoms with van der Waals surface area (Å²) in [6, 6.07) is 3.95. The van der Waals surface area contributed by atoms with Gasteiger partial charge in [0.25, 0.3) is 5.91 Å². The second-order valence-corrected chi connectivity index (χ2v) is 5.63. The van der Waals surface area contributed by atoms with Crippen LogP contribution in [0.15, 0.2) is 18.3 Å². The Labute approximate surface area is 127 Å². The molecule has 1 amide bonds. The van der Waals surface area contributed by atoms with Crippen molar-refractivity contribution < 1.29 is 9.53 Å². The van der Waals surface area contributed by atoms with E-state index in [0.29, 0.717) is 5.75 Å². The Hall–Kier alpha value is -1.62. The Morgan fingerprint density at radius 1 is 1.38 bits per heavy atom. The van der Waals surface area contributed by atoms with Gasteiger partial charge in [0.2, 0.25) is 0 Å². The zero-order valence-corrected chi connectivity index (χ0v) is 13.4. The highest BCUT2D eigenvalue weighted by Gasteiger charge is 2.16. The first kappa shape index (κ1) is 17.4. The van der Waals surface area contributed by atoms with Crippen molar-refractivity contribution in [2.24, 2.45) is 5.73 Å². The maximum atomic E-state index is 12.0. The van der Waals surface area contributed by atoms with Crippen molar-refractivity contribution in [3.05, 3.63) is 24.0 Å². The molecule has 0 saturated carbocycles. The Balaban J connectivity index is 2.50. The molecule has 1 aromatic rings. The van der Waals surface area contributed by atoms with E-state index in [-0.39, 0.29) is 18.0 Å². The van der Waals surface area contributed by atoms with Gasteiger partial charge in [0, 0.05) is 24.2 Å². The van der Waals surface area contributed by atoms with Crippen LogP contribution in [0, 0.1) is 0 Å². The van der Waals surface area contributed by atoms with Gasteiger partial charge < -0.3 is 15.8 Å². The minimum Gasteiger partial charge on any atom is -0.479 e. The van der Waals surface area contributed by atoms with E-state index in [1.807, 2.05) is 26.0 Å². The second-order valence-electron chi connectivity index (χ2n) is 5.63. The third-order valence-corrected chi connectivity index (χ3v) is 3.12. The molecule has 1 heterocycles. The highest BCUT2D eigenvalue weighted by atomic mass is 16.5. The van der Waals surface area contributed by atoms with Gasteiger partial charge in [0.15, 0.2) is 6.10 Å². The molecule has 0 radical (unpaired) electrons. The average molecular weight is 293 g/mol. The van der Waals surface area contributed by atoms with Crippen LogP contribution >= 0.6 is 0 Å². The first-order valence-corrected chi connectivity index (χ1v) is 7.60. The number of amides is 1. The summed E-state index contributed by atoms with van der Waals surface area (Å²) in [7, 11) is 0. The van der Waals surface area contributed by atoms with Gasteiger partial charge >= 0.3 is 0 Å². The highest BCUT2D eigenvalue weighted by Crippen LogP contribution is 2.12. The summed E-state index contributed by atoms with van der Waals surface area (Å²) in [4.78, 5) is 16.3. The molecule has 5 heteroatoms. The molecular weight excluding hydrogens is 266 g/mol. The Kier molecular flexibility index (Phi) is 7.15. The van der Waals surface area contributed by atoms with Crippen LogP contribution in [0.25, 0.3) is 0 Å². The minimum absolute atomic E-state index is 0.0778. The Morgan fingerprint density at radius 2 is 2.10 bits per heavy atom. The predicted octanol–water partition coefficient (Wildman–Crippen LogP) is 2.04. The van der Waals surface area contributed by atoms with Gasteiger partial charge in [-0.1, -0.05) is 13.3 Å². The first-order chi connectivity index (χ1) is 9.92. The molecule has 0 bridgehead atoms. The number of carbonyl (C=O) groups is 1. The van der Waals surface area contributed by atoms with Crippen molar-refractivity contribution in [3.63, 3.8) is 0 Å². The zero-order chi connectivity index (χ0) is 15.8. The van der Waals surface area contributed by atoms with Gasteiger partial charge in [-0.25, -0.2) is 0 Å². The van der Waals surface area contributed by atoms with Crippen LogP contribution in [0.5, 0.6) is 5.75 Å². The number of ether oxygens (including phenoxy) is 1. The fourth-order valence-electron chi connectivity index (χ4n) is 2.05. The van der Waals surface area contributed by atoms with Crippen molar-refractivity contribution in [2.75, 3.05) is 0 Å². The number of nitrogens with one attached hydrogen (secondary N) is 1. The van der Waals surface area contributed by atoms with Gasteiger partial charge in [-0.15, -0.1) is 0 Å². The molecule has 0 aliphatic rings. The SMILES string of the molecule is CCCC(C)NC(=O)C(C)Oc1ccc(CC(C)N)nc1. The number of carbonyl (C=O) groups excluding carboxylic acids is 1. The quantitative estimate of drug-likeness (QED) is 0.769. The predicted molar refractivity (Wildman–Crippen MR) is 84.2 cm³/mol. The molecule has 1 aromatic heterocycles. The number of hydrogen-bond donors (Lipinski definition) is 2. The largest absolute Gasteiger partial charge is 0.479 e. The molecule has 0 spiro atoms. The molecule has 0 aromatic carbocycles. The van der Waals surface area contributed by atoms with Crippen molar-refractivity contribution in [1.29, 1.82) is 0 Å². The number of aromatic nitrogens is 1. The smallest absolute Gasteiger partial charge is 0.260 e. The number of pyridine rings is 1. The monoisotopic (exact) mass is 293 g/mol. The standard InChI is InChI=1S/C16H27N3O2/c1-5-6-12(3)19-16(20)13(4)21-15-8-7-14(18-10-15)9-11(2)17/h7-8,10-13H,5-6,9,17H2,1-4H3,(H,19,20). The summed E-state index contributed by atoms with van der Waals surface area (Å²) in [5.41, 5.74) is 6.65. The molecule has 0 saturated heterocycles. The number of hydrogen-bond acceptors (Lipinski definition) is 4. The van der Waals surface area contributed by atoms with Gasteiger partial charge in [0.05, 0.1) is 6.20 Å². The van der Waals surface area contributed by atoms with Crippen LogP contribution in [-0.2, 0) is 11.2 Å². The highest BCUT2D eigenvalue weighted by molar-refractivity contribution is 5.80. The van der Waals surface area contributed by atoms with Gasteiger partial charge in [-0.2, -0.15) is 0 Å². The molecular formula is C16H27N3O2. The van der Waals surface area contributed by atoms with E-state index in [1.165, 1.54) is 0 Å². The number of nitrogens with two attached hydrogens (primary N) is 1. The molecule has 5 nitrogen and oxygen atoms in total. The lowest BCUT2D eigenvalue weighted by atomic mass is 10.2. The molecule has 3 atom stereocenters. The normalized spacial score (nSPS) is 15.1. The van der Waals surface area contributed by atoms with E-state index in [2.05, 4.69) is 17.2 Å². The first-order valence-electron chi connectivity index (χ1n) is 7.60. The average Bonchev–Trinajstić information content (AvgIpc) is 2.40. The summed E-state index contributed by atoms with van der Waals surface area (Å²) in [5, 5.41) is 2.94. The summed E-state index contributed by atoms with van der Waals surface area (Å²) < 4.78 is 5.61. The maximum Gasteiger partial charge on any atom is 0.260 e. The lowest BCUT2D eigenvalue weighted by molar-refractivity contribution is -0.127. The van der Waals surface area contributed by atoms with E-state index in [4.69, 9.17) is 10.5 Å². The topological polar surface area (TPSA) is 77.2 Å². The summed E-state index contributed by atoms with van der Waals surface area (Å²) >= 11 is 0. The fraction of sp³-hybridized carbons (Fsp3) is 0.625. The molecule has 118 valence electrons. The Bertz CT molecular complexity index is 432. The van der Waals surface area contributed by atoms with Crippen molar-refractivity contribution in [1.82, 2.24) is 10.3 Å². The molecule has 0 aliphatic carbocycles. The van der Waals surface area contributed by atoms with E-state index in [0.717, 1.165) is 25.0 Å². The third-order valence-electron chi connectivity index (χ3n) is 3.12. The second kappa shape index (κ2) is 8.62. The third kappa shape index (κ3) is 6.58. The van der Waals surface area contributed by atoms with Crippen LogP contribution in [0.3, 0.4) is 0 Å². The summed E-state index contributed by atoms with van der Waals surface area (Å²) in [5.74, 6) is 0.491. The van der Waals surface area contributed by atoms with E-state index in [1.54, 1.807) is 13.1 Å². The van der Waals surface area contributed by atoms with Gasteiger partial charge in [-0.3, -0.25) is 9.78 Å². The zero-order valence-electron chi connectivity index (χ0n) is 13.4.